The van der Waals surface area contributed by atoms with Gasteiger partial charge in [0.25, 0.3) is 5.79 Å². The SMILES string of the molecule is C/C=C(\C)C(=O)O[C@H]1C[C@@H](OC(C)=O)[C@@]2(C(=O)OC)CO[C@H]3[C@@H](O)[C@@](C)(C4=C(C)[C@H]5C[C@@H]4O[C@@H]4OC=C[C@@]45O)[C@H]4[C@]1(CO[C@]4(O)C(=O)OC)[C@@H]32. The molecular formula is C35H44O15. The second kappa shape index (κ2) is 11.3. The fourth-order valence-corrected chi connectivity index (χ4v) is 11.0. The van der Waals surface area contributed by atoms with Crippen molar-refractivity contribution in [2.24, 2.45) is 34.0 Å². The van der Waals surface area contributed by atoms with Gasteiger partial charge in [-0.1, -0.05) is 18.6 Å². The fraction of sp³-hybridized carbons (Fsp3) is 0.714. The molecule has 2 bridgehead atoms. The van der Waals surface area contributed by atoms with Gasteiger partial charge in [0.2, 0.25) is 6.29 Å². The van der Waals surface area contributed by atoms with Crippen LogP contribution in [0.4, 0.5) is 0 Å². The number of aliphatic hydroxyl groups is 3. The topological polar surface area (TPSA) is 203 Å². The number of carbonyl (C=O) groups is 4. The zero-order valence-electron chi connectivity index (χ0n) is 29.0. The van der Waals surface area contributed by atoms with Crippen LogP contribution in [0.15, 0.2) is 35.1 Å². The van der Waals surface area contributed by atoms with Gasteiger partial charge in [-0.05, 0) is 38.8 Å². The highest BCUT2D eigenvalue weighted by atomic mass is 16.7. The van der Waals surface area contributed by atoms with Gasteiger partial charge in [0.1, 0.15) is 17.6 Å². The van der Waals surface area contributed by atoms with Gasteiger partial charge >= 0.3 is 23.9 Å². The van der Waals surface area contributed by atoms with Gasteiger partial charge < -0.3 is 53.2 Å². The van der Waals surface area contributed by atoms with E-state index in [0.29, 0.717) is 11.1 Å². The first-order chi connectivity index (χ1) is 23.5. The van der Waals surface area contributed by atoms with E-state index in [2.05, 4.69) is 0 Å². The van der Waals surface area contributed by atoms with Crippen LogP contribution >= 0.6 is 0 Å². The predicted molar refractivity (Wildman–Crippen MR) is 165 cm³/mol. The molecule has 0 amide bonds. The van der Waals surface area contributed by atoms with Crippen LogP contribution in [0.3, 0.4) is 0 Å². The van der Waals surface area contributed by atoms with E-state index in [9.17, 15) is 34.5 Å². The van der Waals surface area contributed by atoms with Crippen molar-refractivity contribution in [3.8, 4) is 0 Å². The van der Waals surface area contributed by atoms with Crippen LogP contribution in [0.2, 0.25) is 0 Å². The van der Waals surface area contributed by atoms with E-state index < -0.39 is 113 Å². The third kappa shape index (κ3) is 4.07. The second-order valence-corrected chi connectivity index (χ2v) is 14.9. The lowest BCUT2D eigenvalue weighted by molar-refractivity contribution is -0.283. The number of esters is 4. The van der Waals surface area contributed by atoms with E-state index in [1.54, 1.807) is 33.8 Å². The van der Waals surface area contributed by atoms with Crippen molar-refractivity contribution >= 4 is 23.9 Å². The number of hydrogen-bond donors (Lipinski definition) is 3. The van der Waals surface area contributed by atoms with Crippen molar-refractivity contribution in [2.75, 3.05) is 27.4 Å². The Morgan fingerprint density at radius 2 is 1.70 bits per heavy atom. The summed E-state index contributed by atoms with van der Waals surface area (Å²) >= 11 is 0. The molecule has 0 unspecified atom stereocenters. The average molecular weight is 705 g/mol. The van der Waals surface area contributed by atoms with E-state index >= 15 is 0 Å². The van der Waals surface area contributed by atoms with Gasteiger partial charge in [-0.2, -0.15) is 0 Å². The molecule has 3 N–H and O–H groups in total. The van der Waals surface area contributed by atoms with Crippen LogP contribution < -0.4 is 0 Å². The number of hydrogen-bond acceptors (Lipinski definition) is 15. The molecule has 0 aromatic rings. The maximum absolute atomic E-state index is 14.1. The summed E-state index contributed by atoms with van der Waals surface area (Å²) in [5.41, 5.74) is -5.34. The Labute approximate surface area is 288 Å². The molecule has 50 heavy (non-hydrogen) atoms. The van der Waals surface area contributed by atoms with E-state index in [1.807, 2.05) is 0 Å². The summed E-state index contributed by atoms with van der Waals surface area (Å²) in [5.74, 6) is -9.47. The highest BCUT2D eigenvalue weighted by Gasteiger charge is 2.87. The first-order valence-electron chi connectivity index (χ1n) is 16.8. The molecule has 274 valence electrons. The van der Waals surface area contributed by atoms with Crippen LogP contribution in [0.5, 0.6) is 0 Å². The lowest BCUT2D eigenvalue weighted by Crippen LogP contribution is -2.76. The van der Waals surface area contributed by atoms with Crippen LogP contribution in [0.25, 0.3) is 0 Å². The maximum Gasteiger partial charge on any atom is 0.366 e. The molecule has 15 heteroatoms. The smallest absolute Gasteiger partial charge is 0.366 e. The molecule has 5 fully saturated rings. The standard InChI is InChI=1S/C35H44O15/c1-8-15(2)26(38)50-20-12-21(48-17(4)36)33(28(39)43-6)13-46-23-24(33)32(20)14-47-35(42,29(40)44-7)27(32)31(5,25(23)37)22-16(3)18-11-19(22)49-30-34(18,41)9-10-45-30/h8-10,18-21,23-25,27,30,37,41-42H,11-14H2,1-7H3/b15-8+/t18-,19+,20+,21-,23-,24-,25-,27+,30+,31-,32+,33+,34+,35+/m1/s1. The molecular weight excluding hydrogens is 660 g/mol. The summed E-state index contributed by atoms with van der Waals surface area (Å²) in [5, 5.41) is 37.1. The molecule has 7 rings (SSSR count). The highest BCUT2D eigenvalue weighted by molar-refractivity contribution is 5.88. The Morgan fingerprint density at radius 3 is 2.34 bits per heavy atom. The first-order valence-corrected chi connectivity index (χ1v) is 16.8. The Kier molecular flexibility index (Phi) is 7.95. The molecule has 2 saturated carbocycles. The Hall–Kier alpha value is -3.34. The first kappa shape index (κ1) is 35.1. The number of fused-ring (bicyclic) bond motifs is 4. The summed E-state index contributed by atoms with van der Waals surface area (Å²) in [6, 6.07) is 0. The molecule has 14 atom stereocenters. The fourth-order valence-electron chi connectivity index (χ4n) is 11.0. The molecule has 1 spiro atoms. The van der Waals surface area contributed by atoms with E-state index in [0.717, 1.165) is 7.11 Å². The van der Waals surface area contributed by atoms with Crippen LogP contribution in [-0.2, 0) is 57.1 Å². The zero-order chi connectivity index (χ0) is 36.3. The van der Waals surface area contributed by atoms with Gasteiger partial charge in [-0.15, -0.1) is 0 Å². The number of methoxy groups -OCH3 is 2. The molecule has 4 heterocycles. The number of rotatable bonds is 6. The number of allylic oxidation sites excluding steroid dienone is 1. The quantitative estimate of drug-likeness (QED) is 0.150. The van der Waals surface area contributed by atoms with E-state index in [1.165, 1.54) is 26.4 Å². The third-order valence-electron chi connectivity index (χ3n) is 13.0. The number of aliphatic hydroxyl groups excluding tert-OH is 1. The van der Waals surface area contributed by atoms with Crippen molar-refractivity contribution in [2.45, 2.75) is 95.7 Å². The van der Waals surface area contributed by atoms with Gasteiger partial charge in [0.15, 0.2) is 5.60 Å². The maximum atomic E-state index is 14.1. The van der Waals surface area contributed by atoms with Crippen LogP contribution in [0, 0.1) is 34.0 Å². The summed E-state index contributed by atoms with van der Waals surface area (Å²) in [7, 11) is 2.25. The Bertz CT molecular complexity index is 1620. The molecule has 0 radical (unpaired) electrons. The van der Waals surface area contributed by atoms with Crippen molar-refractivity contribution in [1.82, 2.24) is 0 Å². The van der Waals surface area contributed by atoms with Crippen molar-refractivity contribution < 1.29 is 72.4 Å². The Morgan fingerprint density at radius 1 is 1.00 bits per heavy atom. The van der Waals surface area contributed by atoms with Gasteiger partial charge in [-0.25, -0.2) is 9.59 Å². The van der Waals surface area contributed by atoms with Gasteiger partial charge in [0, 0.05) is 47.5 Å². The monoisotopic (exact) mass is 704 g/mol. The third-order valence-corrected chi connectivity index (χ3v) is 13.0. The van der Waals surface area contributed by atoms with E-state index in [-0.39, 0.29) is 25.0 Å². The highest BCUT2D eigenvalue weighted by Crippen LogP contribution is 2.75. The lowest BCUT2D eigenvalue weighted by atomic mass is 9.38. The zero-order valence-corrected chi connectivity index (χ0v) is 29.0. The lowest BCUT2D eigenvalue weighted by Gasteiger charge is -2.65. The predicted octanol–water partition coefficient (Wildman–Crippen LogP) is 0.586. The molecule has 0 aromatic heterocycles. The Balaban J connectivity index is 1.52. The molecule has 3 aliphatic carbocycles. The van der Waals surface area contributed by atoms with E-state index in [4.69, 9.17) is 37.9 Å². The molecule has 15 nitrogen and oxygen atoms in total. The van der Waals surface area contributed by atoms with Crippen LogP contribution in [0.1, 0.15) is 47.5 Å². The minimum atomic E-state index is -2.78. The summed E-state index contributed by atoms with van der Waals surface area (Å²) in [6.07, 6.45) is -2.73. The molecule has 0 aromatic carbocycles. The average Bonchev–Trinajstić information content (AvgIpc) is 3.83. The number of carbonyl (C=O) groups excluding carboxylic acids is 4. The molecule has 4 aliphatic heterocycles. The van der Waals surface area contributed by atoms with Crippen molar-refractivity contribution in [3.63, 3.8) is 0 Å². The summed E-state index contributed by atoms with van der Waals surface area (Å²) in [4.78, 5) is 54.1. The molecule has 3 saturated heterocycles. The van der Waals surface area contributed by atoms with Gasteiger partial charge in [-0.3, -0.25) is 9.59 Å². The number of ether oxygens (including phenoxy) is 8. The second-order valence-electron chi connectivity index (χ2n) is 14.9. The normalized spacial score (nSPS) is 48.3. The minimum absolute atomic E-state index is 0.246. The summed E-state index contributed by atoms with van der Waals surface area (Å²) in [6.45, 7) is 6.98. The summed E-state index contributed by atoms with van der Waals surface area (Å²) < 4.78 is 47.0. The van der Waals surface area contributed by atoms with Crippen LogP contribution in [-0.4, -0.2) is 115 Å². The molecule has 7 aliphatic rings. The minimum Gasteiger partial charge on any atom is -0.469 e. The largest absolute Gasteiger partial charge is 0.469 e. The van der Waals surface area contributed by atoms with Crippen molar-refractivity contribution in [1.29, 1.82) is 0 Å². The van der Waals surface area contributed by atoms with Crippen molar-refractivity contribution in [3.05, 3.63) is 35.1 Å². The van der Waals surface area contributed by atoms with Gasteiger partial charge in [0.05, 0.1) is 52.0 Å².